The lowest BCUT2D eigenvalue weighted by molar-refractivity contribution is 0.118. The number of aliphatic hydroxyl groups excluding tert-OH is 1. The molecule has 15 heavy (non-hydrogen) atoms. The summed E-state index contributed by atoms with van der Waals surface area (Å²) in [7, 11) is 0. The minimum Gasteiger partial charge on any atom is -0.388 e. The summed E-state index contributed by atoms with van der Waals surface area (Å²) in [6.07, 6.45) is 7.21. The molecule has 0 radical (unpaired) electrons. The zero-order valence-electron chi connectivity index (χ0n) is 9.19. The number of rotatable bonds is 2. The Morgan fingerprint density at radius 3 is 3.00 bits per heavy atom. The summed E-state index contributed by atoms with van der Waals surface area (Å²) >= 11 is 0. The highest BCUT2D eigenvalue weighted by atomic mass is 16.3. The lowest BCUT2D eigenvalue weighted by atomic mass is 9.81. The van der Waals surface area contributed by atoms with E-state index in [1.165, 1.54) is 5.56 Å². The number of benzene rings is 1. The van der Waals surface area contributed by atoms with Crippen LogP contribution in [-0.2, 0) is 6.42 Å². The minimum absolute atomic E-state index is 0.305. The molecule has 0 heterocycles. The molecular formula is C14H18O. The van der Waals surface area contributed by atoms with Crippen molar-refractivity contribution < 1.29 is 5.11 Å². The van der Waals surface area contributed by atoms with E-state index in [0.717, 1.165) is 24.8 Å². The van der Waals surface area contributed by atoms with Crippen molar-refractivity contribution in [2.24, 2.45) is 5.92 Å². The van der Waals surface area contributed by atoms with Gasteiger partial charge in [-0.25, -0.2) is 0 Å². The maximum Gasteiger partial charge on any atom is 0.0855 e. The Balaban J connectivity index is 2.22. The van der Waals surface area contributed by atoms with Crippen molar-refractivity contribution in [3.05, 3.63) is 47.5 Å². The van der Waals surface area contributed by atoms with Crippen LogP contribution in [0.25, 0.3) is 0 Å². The van der Waals surface area contributed by atoms with E-state index in [9.17, 15) is 5.11 Å². The van der Waals surface area contributed by atoms with Crippen LogP contribution >= 0.6 is 0 Å². The summed E-state index contributed by atoms with van der Waals surface area (Å²) in [5.41, 5.74) is 2.43. The quantitative estimate of drug-likeness (QED) is 0.730. The highest BCUT2D eigenvalue weighted by Gasteiger charge is 2.25. The number of fused-ring (bicyclic) bond motifs is 1. The first-order valence-corrected chi connectivity index (χ1v) is 5.75. The van der Waals surface area contributed by atoms with Gasteiger partial charge in [-0.2, -0.15) is 0 Å². The summed E-state index contributed by atoms with van der Waals surface area (Å²) in [6.45, 7) is 2.12. The number of allylic oxidation sites excluding steroid dienone is 1. The van der Waals surface area contributed by atoms with Gasteiger partial charge in [-0.1, -0.05) is 43.3 Å². The van der Waals surface area contributed by atoms with E-state index in [1.54, 1.807) is 0 Å². The van der Waals surface area contributed by atoms with E-state index in [4.69, 9.17) is 0 Å². The fraction of sp³-hybridized carbons (Fsp3) is 0.429. The van der Waals surface area contributed by atoms with Crippen LogP contribution in [0.3, 0.4) is 0 Å². The van der Waals surface area contributed by atoms with Crippen LogP contribution in [0, 0.1) is 5.92 Å². The van der Waals surface area contributed by atoms with Crippen LogP contribution in [-0.4, -0.2) is 5.11 Å². The molecule has 0 fully saturated rings. The van der Waals surface area contributed by atoms with Crippen molar-refractivity contribution in [3.63, 3.8) is 0 Å². The predicted molar refractivity (Wildman–Crippen MR) is 62.6 cm³/mol. The average Bonchev–Trinajstić information content (AvgIpc) is 2.29. The van der Waals surface area contributed by atoms with Gasteiger partial charge in [-0.15, -0.1) is 0 Å². The van der Waals surface area contributed by atoms with Gasteiger partial charge in [0.1, 0.15) is 0 Å². The molecule has 0 spiro atoms. The van der Waals surface area contributed by atoms with Gasteiger partial charge in [-0.05, 0) is 30.4 Å². The van der Waals surface area contributed by atoms with E-state index in [2.05, 4.69) is 25.1 Å². The van der Waals surface area contributed by atoms with Crippen molar-refractivity contribution in [1.82, 2.24) is 0 Å². The number of hydrogen-bond acceptors (Lipinski definition) is 1. The molecule has 1 nitrogen and oxygen atoms in total. The van der Waals surface area contributed by atoms with Gasteiger partial charge in [0.15, 0.2) is 0 Å². The molecule has 0 bridgehead atoms. The van der Waals surface area contributed by atoms with Crippen LogP contribution in [0.1, 0.15) is 37.0 Å². The summed E-state index contributed by atoms with van der Waals surface area (Å²) in [5, 5.41) is 10.2. The molecule has 0 saturated heterocycles. The molecule has 1 aromatic carbocycles. The summed E-state index contributed by atoms with van der Waals surface area (Å²) in [4.78, 5) is 0. The molecule has 0 unspecified atom stereocenters. The van der Waals surface area contributed by atoms with Gasteiger partial charge in [0.25, 0.3) is 0 Å². The third-order valence-corrected chi connectivity index (χ3v) is 3.15. The molecule has 2 rings (SSSR count). The van der Waals surface area contributed by atoms with Crippen molar-refractivity contribution in [3.8, 4) is 0 Å². The number of aryl methyl sites for hydroxylation is 1. The van der Waals surface area contributed by atoms with E-state index in [-0.39, 0.29) is 6.10 Å². The van der Waals surface area contributed by atoms with Gasteiger partial charge in [0.2, 0.25) is 0 Å². The fourth-order valence-electron chi connectivity index (χ4n) is 2.27. The van der Waals surface area contributed by atoms with Crippen LogP contribution < -0.4 is 0 Å². The highest BCUT2D eigenvalue weighted by Crippen LogP contribution is 2.34. The molecule has 1 aromatic rings. The van der Waals surface area contributed by atoms with Gasteiger partial charge < -0.3 is 5.11 Å². The van der Waals surface area contributed by atoms with E-state index in [1.807, 2.05) is 18.2 Å². The Morgan fingerprint density at radius 2 is 2.20 bits per heavy atom. The van der Waals surface area contributed by atoms with Gasteiger partial charge >= 0.3 is 0 Å². The number of aliphatic hydroxyl groups is 1. The first-order chi connectivity index (χ1) is 7.33. The van der Waals surface area contributed by atoms with E-state index < -0.39 is 0 Å². The Labute approximate surface area is 91.4 Å². The maximum absolute atomic E-state index is 10.2. The van der Waals surface area contributed by atoms with Crippen LogP contribution in [0.5, 0.6) is 0 Å². The normalized spacial score (nSPS) is 25.5. The zero-order chi connectivity index (χ0) is 10.7. The molecule has 0 amide bonds. The smallest absolute Gasteiger partial charge is 0.0855 e. The van der Waals surface area contributed by atoms with Crippen LogP contribution in [0.4, 0.5) is 0 Å². The molecule has 2 atom stereocenters. The molecule has 80 valence electrons. The first kappa shape index (κ1) is 10.4. The molecule has 1 aliphatic rings. The van der Waals surface area contributed by atoms with Gasteiger partial charge in [-0.3, -0.25) is 0 Å². The van der Waals surface area contributed by atoms with E-state index >= 15 is 0 Å². The Morgan fingerprint density at radius 1 is 1.40 bits per heavy atom. The Kier molecular flexibility index (Phi) is 3.22. The van der Waals surface area contributed by atoms with Crippen molar-refractivity contribution >= 4 is 0 Å². The fourth-order valence-corrected chi connectivity index (χ4v) is 2.27. The Hall–Kier alpha value is -1.08. The van der Waals surface area contributed by atoms with Crippen LogP contribution in [0.2, 0.25) is 0 Å². The predicted octanol–water partition coefficient (Wildman–Crippen LogP) is 3.25. The molecule has 1 heteroatoms. The lowest BCUT2D eigenvalue weighted by Gasteiger charge is -2.27. The zero-order valence-corrected chi connectivity index (χ0v) is 9.19. The second-order valence-corrected chi connectivity index (χ2v) is 4.18. The van der Waals surface area contributed by atoms with E-state index in [0.29, 0.717) is 5.92 Å². The monoisotopic (exact) mass is 202 g/mol. The second kappa shape index (κ2) is 4.63. The third kappa shape index (κ3) is 2.13. The SMILES string of the molecule is CC/C=C/[C@H]1CCc2ccccc2[C@@H]1O. The molecule has 0 saturated carbocycles. The first-order valence-electron chi connectivity index (χ1n) is 5.75. The average molecular weight is 202 g/mol. The summed E-state index contributed by atoms with van der Waals surface area (Å²) < 4.78 is 0. The molecule has 1 aliphatic carbocycles. The highest BCUT2D eigenvalue weighted by molar-refractivity contribution is 5.32. The maximum atomic E-state index is 10.2. The van der Waals surface area contributed by atoms with Crippen molar-refractivity contribution in [1.29, 1.82) is 0 Å². The minimum atomic E-state index is -0.308. The van der Waals surface area contributed by atoms with Crippen molar-refractivity contribution in [2.75, 3.05) is 0 Å². The van der Waals surface area contributed by atoms with Crippen LogP contribution in [0.15, 0.2) is 36.4 Å². The molecule has 0 aromatic heterocycles. The van der Waals surface area contributed by atoms with Crippen molar-refractivity contribution in [2.45, 2.75) is 32.3 Å². The van der Waals surface area contributed by atoms with Gasteiger partial charge in [0, 0.05) is 5.92 Å². The second-order valence-electron chi connectivity index (χ2n) is 4.18. The Bertz CT molecular complexity index is 354. The summed E-state index contributed by atoms with van der Waals surface area (Å²) in [6, 6.07) is 8.23. The third-order valence-electron chi connectivity index (χ3n) is 3.15. The molecule has 1 N–H and O–H groups in total. The standard InChI is InChI=1S/C14H18O/c1-2-3-6-12-10-9-11-7-4-5-8-13(11)14(12)15/h3-8,12,14-15H,2,9-10H2,1H3/b6-3+/t12-,14+/m0/s1. The molecular weight excluding hydrogens is 184 g/mol. The largest absolute Gasteiger partial charge is 0.388 e. The topological polar surface area (TPSA) is 20.2 Å². The molecule has 0 aliphatic heterocycles. The van der Waals surface area contributed by atoms with Gasteiger partial charge in [0.05, 0.1) is 6.10 Å². The summed E-state index contributed by atoms with van der Waals surface area (Å²) in [5.74, 6) is 0.305. The number of hydrogen-bond donors (Lipinski definition) is 1. The lowest BCUT2D eigenvalue weighted by Crippen LogP contribution is -2.18.